The number of amides is 1. The molecule has 6 heteroatoms. The van der Waals surface area contributed by atoms with Crippen LogP contribution >= 0.6 is 0 Å². The van der Waals surface area contributed by atoms with E-state index in [0.29, 0.717) is 11.4 Å². The molecule has 3 rings (SSSR count). The van der Waals surface area contributed by atoms with E-state index in [4.69, 9.17) is 0 Å². The summed E-state index contributed by atoms with van der Waals surface area (Å²) in [6.45, 7) is -0.181. The highest BCUT2D eigenvalue weighted by Gasteiger charge is 2.14. The van der Waals surface area contributed by atoms with Gasteiger partial charge in [0.25, 0.3) is 0 Å². The monoisotopic (exact) mass is 339 g/mol. The van der Waals surface area contributed by atoms with Crippen LogP contribution in [0.5, 0.6) is 0 Å². The molecule has 0 spiro atoms. The Hall–Kier alpha value is -2.99. The van der Waals surface area contributed by atoms with Crippen molar-refractivity contribution in [1.82, 2.24) is 15.1 Å². The number of carbonyl (C=O) groups excluding carboxylic acids is 1. The minimum absolute atomic E-state index is 0.0948. The van der Waals surface area contributed by atoms with Crippen LogP contribution in [0.15, 0.2) is 66.9 Å². The molecule has 1 heterocycles. The van der Waals surface area contributed by atoms with Crippen LogP contribution in [0.4, 0.5) is 4.39 Å². The maximum atomic E-state index is 13.0. The van der Waals surface area contributed by atoms with Crippen LogP contribution in [0.25, 0.3) is 5.69 Å². The van der Waals surface area contributed by atoms with Gasteiger partial charge in [-0.1, -0.05) is 30.3 Å². The van der Waals surface area contributed by atoms with Gasteiger partial charge in [0, 0.05) is 6.20 Å². The lowest BCUT2D eigenvalue weighted by Crippen LogP contribution is -2.32. The van der Waals surface area contributed by atoms with Gasteiger partial charge in [0.05, 0.1) is 30.5 Å². The van der Waals surface area contributed by atoms with Gasteiger partial charge in [-0.25, -0.2) is 9.07 Å². The van der Waals surface area contributed by atoms with E-state index in [1.54, 1.807) is 29.1 Å². The molecule has 2 N–H and O–H groups in total. The van der Waals surface area contributed by atoms with Gasteiger partial charge in [-0.3, -0.25) is 4.79 Å². The summed E-state index contributed by atoms with van der Waals surface area (Å²) < 4.78 is 14.6. The number of aliphatic hydroxyl groups is 1. The van der Waals surface area contributed by atoms with E-state index in [2.05, 4.69) is 10.4 Å². The smallest absolute Gasteiger partial charge is 0.226 e. The second-order valence-electron chi connectivity index (χ2n) is 5.62. The topological polar surface area (TPSA) is 67.2 Å². The molecule has 0 fully saturated rings. The van der Waals surface area contributed by atoms with Crippen molar-refractivity contribution in [2.24, 2.45) is 0 Å². The average Bonchev–Trinajstić information content (AvgIpc) is 3.09. The first-order valence-corrected chi connectivity index (χ1v) is 7.91. The molecule has 0 aliphatic heterocycles. The zero-order valence-corrected chi connectivity index (χ0v) is 13.5. The molecule has 2 aromatic carbocycles. The Kier molecular flexibility index (Phi) is 5.20. The van der Waals surface area contributed by atoms with Crippen molar-refractivity contribution in [3.05, 3.63) is 83.9 Å². The summed E-state index contributed by atoms with van der Waals surface area (Å²) >= 11 is 0. The lowest BCUT2D eigenvalue weighted by atomic mass is 10.1. The molecule has 1 unspecified atom stereocenters. The number of aliphatic hydroxyl groups excluding tert-OH is 1. The number of hydrogen-bond acceptors (Lipinski definition) is 3. The van der Waals surface area contributed by atoms with Crippen LogP contribution in [0.2, 0.25) is 0 Å². The van der Waals surface area contributed by atoms with Crippen LogP contribution < -0.4 is 5.32 Å². The first kappa shape index (κ1) is 16.9. The van der Waals surface area contributed by atoms with Gasteiger partial charge < -0.3 is 10.4 Å². The maximum absolute atomic E-state index is 13.0. The zero-order chi connectivity index (χ0) is 17.6. The summed E-state index contributed by atoms with van der Waals surface area (Å²) in [7, 11) is 0. The predicted molar refractivity (Wildman–Crippen MR) is 91.6 cm³/mol. The molecule has 3 aromatic rings. The number of halogens is 1. The zero-order valence-electron chi connectivity index (χ0n) is 13.5. The molecule has 128 valence electrons. The van der Waals surface area contributed by atoms with Crippen LogP contribution in [0.3, 0.4) is 0 Å². The Morgan fingerprint density at radius 2 is 1.84 bits per heavy atom. The van der Waals surface area contributed by atoms with E-state index < -0.39 is 6.04 Å². The molecule has 0 aliphatic carbocycles. The highest BCUT2D eigenvalue weighted by molar-refractivity contribution is 5.78. The molecule has 1 amide bonds. The van der Waals surface area contributed by atoms with E-state index in [-0.39, 0.29) is 24.8 Å². The van der Waals surface area contributed by atoms with Gasteiger partial charge in [-0.05, 0) is 35.9 Å². The molecule has 0 saturated heterocycles. The number of nitrogens with one attached hydrogen (secondary N) is 1. The highest BCUT2D eigenvalue weighted by Crippen LogP contribution is 2.13. The molecule has 0 aliphatic rings. The number of benzene rings is 2. The van der Waals surface area contributed by atoms with Crippen LogP contribution in [-0.4, -0.2) is 27.4 Å². The van der Waals surface area contributed by atoms with Gasteiger partial charge in [-0.15, -0.1) is 0 Å². The summed E-state index contributed by atoms with van der Waals surface area (Å²) in [5.74, 6) is -0.543. The van der Waals surface area contributed by atoms with Crippen LogP contribution in [-0.2, 0) is 11.2 Å². The number of nitrogens with zero attached hydrogens (tertiary/aromatic N) is 2. The van der Waals surface area contributed by atoms with Gasteiger partial charge in [0.1, 0.15) is 5.82 Å². The van der Waals surface area contributed by atoms with Crippen molar-refractivity contribution in [1.29, 1.82) is 0 Å². The van der Waals surface area contributed by atoms with Crippen molar-refractivity contribution < 1.29 is 14.3 Å². The van der Waals surface area contributed by atoms with E-state index in [1.807, 2.05) is 30.3 Å². The second kappa shape index (κ2) is 7.72. The Morgan fingerprint density at radius 1 is 1.12 bits per heavy atom. The number of hydrogen-bond donors (Lipinski definition) is 2. The predicted octanol–water partition coefficient (Wildman–Crippen LogP) is 2.40. The number of rotatable bonds is 6. The number of aromatic nitrogens is 2. The maximum Gasteiger partial charge on any atom is 0.226 e. The van der Waals surface area contributed by atoms with E-state index in [9.17, 15) is 14.3 Å². The highest BCUT2D eigenvalue weighted by atomic mass is 19.1. The lowest BCUT2D eigenvalue weighted by molar-refractivity contribution is -0.121. The van der Waals surface area contributed by atoms with Crippen molar-refractivity contribution in [3.63, 3.8) is 0 Å². The molecule has 25 heavy (non-hydrogen) atoms. The molecule has 5 nitrogen and oxygen atoms in total. The van der Waals surface area contributed by atoms with Crippen molar-refractivity contribution in [2.75, 3.05) is 6.61 Å². The summed E-state index contributed by atoms with van der Waals surface area (Å²) in [4.78, 5) is 12.2. The molecular formula is C19H18FN3O2. The fourth-order valence-electron chi connectivity index (χ4n) is 2.52. The third kappa shape index (κ3) is 4.30. The van der Waals surface area contributed by atoms with Gasteiger partial charge in [0.2, 0.25) is 5.91 Å². The molecular weight excluding hydrogens is 321 g/mol. The van der Waals surface area contributed by atoms with Gasteiger partial charge in [-0.2, -0.15) is 5.10 Å². The number of carbonyl (C=O) groups is 1. The standard InChI is InChI=1S/C19H18FN3O2/c20-15-6-8-17(9-7-15)23-11-10-16(22-23)12-19(25)21-18(13-24)14-4-2-1-3-5-14/h1-11,18,24H,12-13H2,(H,21,25). The van der Waals surface area contributed by atoms with E-state index >= 15 is 0 Å². The first-order chi connectivity index (χ1) is 12.2. The van der Waals surface area contributed by atoms with Gasteiger partial charge >= 0.3 is 0 Å². The fourth-order valence-corrected chi connectivity index (χ4v) is 2.52. The first-order valence-electron chi connectivity index (χ1n) is 7.91. The average molecular weight is 339 g/mol. The Labute approximate surface area is 144 Å². The molecule has 1 aromatic heterocycles. The van der Waals surface area contributed by atoms with Gasteiger partial charge in [0.15, 0.2) is 0 Å². The van der Waals surface area contributed by atoms with Crippen molar-refractivity contribution in [3.8, 4) is 5.69 Å². The third-order valence-corrected chi connectivity index (χ3v) is 3.80. The van der Waals surface area contributed by atoms with Crippen molar-refractivity contribution >= 4 is 5.91 Å². The fraction of sp³-hybridized carbons (Fsp3) is 0.158. The minimum atomic E-state index is -0.451. The van der Waals surface area contributed by atoms with E-state index in [1.165, 1.54) is 12.1 Å². The molecule has 0 saturated carbocycles. The minimum Gasteiger partial charge on any atom is -0.394 e. The summed E-state index contributed by atoms with van der Waals surface area (Å²) in [6.07, 6.45) is 1.81. The molecule has 0 bridgehead atoms. The third-order valence-electron chi connectivity index (χ3n) is 3.80. The second-order valence-corrected chi connectivity index (χ2v) is 5.62. The largest absolute Gasteiger partial charge is 0.394 e. The van der Waals surface area contributed by atoms with Crippen molar-refractivity contribution in [2.45, 2.75) is 12.5 Å². The SMILES string of the molecule is O=C(Cc1ccn(-c2ccc(F)cc2)n1)NC(CO)c1ccccc1. The Bertz CT molecular complexity index is 831. The normalized spacial score (nSPS) is 11.9. The Balaban J connectivity index is 1.64. The molecule has 0 radical (unpaired) electrons. The molecule has 1 atom stereocenters. The van der Waals surface area contributed by atoms with Crippen LogP contribution in [0, 0.1) is 5.82 Å². The Morgan fingerprint density at radius 3 is 2.52 bits per heavy atom. The van der Waals surface area contributed by atoms with Crippen LogP contribution in [0.1, 0.15) is 17.3 Å². The summed E-state index contributed by atoms with van der Waals surface area (Å²) in [6, 6.07) is 16.5. The van der Waals surface area contributed by atoms with E-state index in [0.717, 1.165) is 5.56 Å². The summed E-state index contributed by atoms with van der Waals surface area (Å²) in [5.41, 5.74) is 2.15. The lowest BCUT2D eigenvalue weighted by Gasteiger charge is -2.16. The summed E-state index contributed by atoms with van der Waals surface area (Å²) in [5, 5.41) is 16.6. The quantitative estimate of drug-likeness (QED) is 0.725.